The van der Waals surface area contributed by atoms with Crippen molar-refractivity contribution >= 4 is 7.12 Å². The Hall–Kier alpha value is -0.275. The zero-order valence-corrected chi connectivity index (χ0v) is 9.31. The first-order valence-corrected chi connectivity index (χ1v) is 4.75. The average molecular weight is 182 g/mol. The molecule has 0 spiro atoms. The van der Waals surface area contributed by atoms with Gasteiger partial charge in [-0.1, -0.05) is 5.57 Å². The van der Waals surface area contributed by atoms with Crippen LogP contribution in [-0.4, -0.2) is 18.3 Å². The van der Waals surface area contributed by atoms with Gasteiger partial charge >= 0.3 is 7.12 Å². The van der Waals surface area contributed by atoms with Crippen LogP contribution in [0.5, 0.6) is 0 Å². The molecular weight excluding hydrogens is 163 g/mol. The summed E-state index contributed by atoms with van der Waals surface area (Å²) < 4.78 is 11.6. The van der Waals surface area contributed by atoms with Gasteiger partial charge in [0.15, 0.2) is 0 Å². The maximum atomic E-state index is 5.79. The van der Waals surface area contributed by atoms with E-state index < -0.39 is 0 Å². The molecule has 1 aliphatic heterocycles. The fourth-order valence-electron chi connectivity index (χ4n) is 1.33. The average Bonchev–Trinajstić information content (AvgIpc) is 1.98. The molecule has 0 saturated carbocycles. The van der Waals surface area contributed by atoms with E-state index in [0.29, 0.717) is 0 Å². The van der Waals surface area contributed by atoms with Crippen molar-refractivity contribution in [2.24, 2.45) is 0 Å². The molecule has 0 unspecified atom stereocenters. The van der Waals surface area contributed by atoms with Gasteiger partial charge in [0.2, 0.25) is 0 Å². The van der Waals surface area contributed by atoms with Gasteiger partial charge in [0.1, 0.15) is 0 Å². The zero-order chi connectivity index (χ0) is 10.3. The van der Waals surface area contributed by atoms with Crippen molar-refractivity contribution in [3.05, 3.63) is 12.2 Å². The largest absolute Gasteiger partial charge is 0.462 e. The molecule has 1 aliphatic rings. The number of hydrogen-bond donors (Lipinski definition) is 0. The first-order valence-electron chi connectivity index (χ1n) is 4.75. The highest BCUT2D eigenvalue weighted by Crippen LogP contribution is 2.38. The Kier molecular flexibility index (Phi) is 2.61. The molecule has 3 heteroatoms. The third kappa shape index (κ3) is 2.15. The lowest BCUT2D eigenvalue weighted by Crippen LogP contribution is -2.41. The Balaban J connectivity index is 2.65. The molecule has 2 nitrogen and oxygen atoms in total. The van der Waals surface area contributed by atoms with Crippen molar-refractivity contribution in [2.75, 3.05) is 0 Å². The van der Waals surface area contributed by atoms with E-state index in [1.54, 1.807) is 0 Å². The van der Waals surface area contributed by atoms with Crippen LogP contribution in [0.2, 0.25) is 6.32 Å². The van der Waals surface area contributed by atoms with E-state index in [4.69, 9.17) is 9.31 Å². The van der Waals surface area contributed by atoms with Gasteiger partial charge in [0, 0.05) is 6.32 Å². The zero-order valence-electron chi connectivity index (χ0n) is 9.31. The number of hydrogen-bond acceptors (Lipinski definition) is 2. The Morgan fingerprint density at radius 3 is 1.85 bits per heavy atom. The predicted octanol–water partition coefficient (Wildman–Crippen LogP) is 2.65. The van der Waals surface area contributed by atoms with Gasteiger partial charge in [-0.25, -0.2) is 0 Å². The molecular formula is C10H19BO2. The van der Waals surface area contributed by atoms with Gasteiger partial charge in [-0.05, 0) is 34.6 Å². The fourth-order valence-corrected chi connectivity index (χ4v) is 1.33. The van der Waals surface area contributed by atoms with E-state index in [0.717, 1.165) is 11.9 Å². The number of rotatable bonds is 2. The van der Waals surface area contributed by atoms with Crippen LogP contribution < -0.4 is 0 Å². The summed E-state index contributed by atoms with van der Waals surface area (Å²) in [7, 11) is -0.123. The highest BCUT2D eigenvalue weighted by Gasteiger charge is 2.50. The molecule has 0 amide bonds. The lowest BCUT2D eigenvalue weighted by molar-refractivity contribution is 0.00578. The van der Waals surface area contributed by atoms with E-state index in [2.05, 4.69) is 34.3 Å². The quantitative estimate of drug-likeness (QED) is 0.482. The Morgan fingerprint density at radius 2 is 1.54 bits per heavy atom. The van der Waals surface area contributed by atoms with Crippen molar-refractivity contribution in [3.8, 4) is 0 Å². The van der Waals surface area contributed by atoms with Crippen LogP contribution in [0.1, 0.15) is 34.6 Å². The molecule has 1 heterocycles. The molecule has 0 aliphatic carbocycles. The lowest BCUT2D eigenvalue weighted by atomic mass is 9.81. The van der Waals surface area contributed by atoms with Gasteiger partial charge < -0.3 is 9.31 Å². The minimum absolute atomic E-state index is 0.123. The van der Waals surface area contributed by atoms with Crippen LogP contribution >= 0.6 is 0 Å². The van der Waals surface area contributed by atoms with E-state index in [1.807, 2.05) is 6.92 Å². The Labute approximate surface area is 81.4 Å². The molecule has 0 aromatic carbocycles. The van der Waals surface area contributed by atoms with E-state index in [1.165, 1.54) is 0 Å². The smallest absolute Gasteiger partial charge is 0.403 e. The summed E-state index contributed by atoms with van der Waals surface area (Å²) in [4.78, 5) is 0. The van der Waals surface area contributed by atoms with Gasteiger partial charge in [0.25, 0.3) is 0 Å². The molecule has 1 saturated heterocycles. The summed E-state index contributed by atoms with van der Waals surface area (Å²) >= 11 is 0. The van der Waals surface area contributed by atoms with Gasteiger partial charge in [-0.15, -0.1) is 6.58 Å². The Morgan fingerprint density at radius 1 is 1.15 bits per heavy atom. The molecule has 0 radical (unpaired) electrons. The maximum absolute atomic E-state index is 5.79. The van der Waals surface area contributed by atoms with Crippen molar-refractivity contribution in [1.82, 2.24) is 0 Å². The normalized spacial score (nSPS) is 24.8. The van der Waals surface area contributed by atoms with Gasteiger partial charge in [-0.3, -0.25) is 0 Å². The second-order valence-corrected chi connectivity index (χ2v) is 4.85. The summed E-state index contributed by atoms with van der Waals surface area (Å²) in [5, 5.41) is 0. The third-order valence-electron chi connectivity index (χ3n) is 2.82. The lowest BCUT2D eigenvalue weighted by Gasteiger charge is -2.32. The molecule has 1 fully saturated rings. The molecule has 0 atom stereocenters. The third-order valence-corrected chi connectivity index (χ3v) is 2.82. The van der Waals surface area contributed by atoms with Crippen LogP contribution in [0.3, 0.4) is 0 Å². The first kappa shape index (κ1) is 10.8. The highest BCUT2D eigenvalue weighted by molar-refractivity contribution is 6.46. The molecule has 0 aromatic rings. The molecule has 13 heavy (non-hydrogen) atoms. The topological polar surface area (TPSA) is 18.5 Å². The molecule has 0 bridgehead atoms. The summed E-state index contributed by atoms with van der Waals surface area (Å²) in [5.74, 6) is 0. The summed E-state index contributed by atoms with van der Waals surface area (Å²) in [6, 6.07) is 0. The Bertz CT molecular complexity index is 205. The predicted molar refractivity (Wildman–Crippen MR) is 55.7 cm³/mol. The second kappa shape index (κ2) is 3.14. The molecule has 0 N–H and O–H groups in total. The summed E-state index contributed by atoms with van der Waals surface area (Å²) in [5.41, 5.74) is 0.666. The maximum Gasteiger partial charge on any atom is 0.462 e. The van der Waals surface area contributed by atoms with Crippen LogP contribution in [0.4, 0.5) is 0 Å². The summed E-state index contributed by atoms with van der Waals surface area (Å²) in [6.07, 6.45) is 0.785. The fraction of sp³-hybridized carbons (Fsp3) is 0.800. The van der Waals surface area contributed by atoms with Crippen LogP contribution in [0.15, 0.2) is 12.2 Å². The van der Waals surface area contributed by atoms with Crippen LogP contribution in [-0.2, 0) is 9.31 Å². The van der Waals surface area contributed by atoms with Gasteiger partial charge in [-0.2, -0.15) is 0 Å². The highest BCUT2D eigenvalue weighted by atomic mass is 16.7. The first-order chi connectivity index (χ1) is 5.74. The van der Waals surface area contributed by atoms with Crippen molar-refractivity contribution in [3.63, 3.8) is 0 Å². The minimum Gasteiger partial charge on any atom is -0.403 e. The van der Waals surface area contributed by atoms with E-state index >= 15 is 0 Å². The van der Waals surface area contributed by atoms with Crippen LogP contribution in [0, 0.1) is 0 Å². The molecule has 0 aromatic heterocycles. The van der Waals surface area contributed by atoms with Crippen molar-refractivity contribution < 1.29 is 9.31 Å². The molecule has 1 rings (SSSR count). The van der Waals surface area contributed by atoms with Gasteiger partial charge in [0.05, 0.1) is 11.2 Å². The second-order valence-electron chi connectivity index (χ2n) is 4.85. The molecule has 74 valence electrons. The minimum atomic E-state index is -0.215. The number of allylic oxidation sites excluding steroid dienone is 1. The van der Waals surface area contributed by atoms with Crippen LogP contribution in [0.25, 0.3) is 0 Å². The van der Waals surface area contributed by atoms with E-state index in [-0.39, 0.29) is 18.3 Å². The summed E-state index contributed by atoms with van der Waals surface area (Å²) in [6.45, 7) is 14.1. The van der Waals surface area contributed by atoms with E-state index in [9.17, 15) is 0 Å². The van der Waals surface area contributed by atoms with Crippen molar-refractivity contribution in [2.45, 2.75) is 52.1 Å². The SMILES string of the molecule is C=C(C)CB1OC(C)(C)C(C)(C)O1. The van der Waals surface area contributed by atoms with Crippen molar-refractivity contribution in [1.29, 1.82) is 0 Å². The standard InChI is InChI=1S/C10H19BO2/c1-8(2)7-11-12-9(3,4)10(5,6)13-11/h1,7H2,2-6H3. The monoisotopic (exact) mass is 182 g/mol.